The molecule has 0 saturated carbocycles. The third-order valence-electron chi connectivity index (χ3n) is 5.19. The van der Waals surface area contributed by atoms with E-state index < -0.39 is 0 Å². The second kappa shape index (κ2) is 7.38. The third kappa shape index (κ3) is 3.27. The maximum absolute atomic E-state index is 13.2. The van der Waals surface area contributed by atoms with Gasteiger partial charge in [-0.25, -0.2) is 4.79 Å². The van der Waals surface area contributed by atoms with Crippen LogP contribution in [0.3, 0.4) is 0 Å². The van der Waals surface area contributed by atoms with Gasteiger partial charge in [-0.15, -0.1) is 0 Å². The number of urea groups is 1. The Bertz CT molecular complexity index is 759. The zero-order valence-electron chi connectivity index (χ0n) is 15.1. The van der Waals surface area contributed by atoms with E-state index >= 15 is 0 Å². The molecule has 2 aromatic carbocycles. The molecule has 2 amide bonds. The summed E-state index contributed by atoms with van der Waals surface area (Å²) >= 11 is 0. The highest BCUT2D eigenvalue weighted by Crippen LogP contribution is 2.39. The number of nitrogens with one attached hydrogen (secondary N) is 1. The van der Waals surface area contributed by atoms with Gasteiger partial charge >= 0.3 is 6.03 Å². The maximum atomic E-state index is 13.2. The summed E-state index contributed by atoms with van der Waals surface area (Å²) in [6.45, 7) is 4.70. The molecule has 2 aliphatic rings. The van der Waals surface area contributed by atoms with Crippen LogP contribution in [0.15, 0.2) is 54.6 Å². The summed E-state index contributed by atoms with van der Waals surface area (Å²) in [5, 5.41) is 3.63. The molecule has 2 unspecified atom stereocenters. The van der Waals surface area contributed by atoms with Gasteiger partial charge in [-0.05, 0) is 37.1 Å². The lowest BCUT2D eigenvalue weighted by Gasteiger charge is -2.42. The second-order valence-electron chi connectivity index (χ2n) is 6.96. The van der Waals surface area contributed by atoms with Gasteiger partial charge in [-0.1, -0.05) is 36.4 Å². The summed E-state index contributed by atoms with van der Waals surface area (Å²) in [5.41, 5.74) is 3.29. The molecular weight excluding hydrogens is 326 g/mol. The molecule has 0 aliphatic carbocycles. The van der Waals surface area contributed by atoms with Crippen molar-refractivity contribution in [3.8, 4) is 0 Å². The number of carbonyl (C=O) groups excluding carboxylic acids is 1. The van der Waals surface area contributed by atoms with Gasteiger partial charge in [0.25, 0.3) is 0 Å². The van der Waals surface area contributed by atoms with E-state index in [0.29, 0.717) is 26.3 Å². The highest BCUT2D eigenvalue weighted by molar-refractivity contribution is 5.94. The van der Waals surface area contributed by atoms with Crippen molar-refractivity contribution in [2.45, 2.75) is 25.4 Å². The molecule has 136 valence electrons. The first kappa shape index (κ1) is 16.9. The zero-order valence-corrected chi connectivity index (χ0v) is 15.1. The van der Waals surface area contributed by atoms with Crippen molar-refractivity contribution in [2.75, 3.05) is 36.5 Å². The molecule has 0 aromatic heterocycles. The van der Waals surface area contributed by atoms with E-state index in [1.54, 1.807) is 0 Å². The van der Waals surface area contributed by atoms with Crippen LogP contribution in [0.5, 0.6) is 0 Å². The Morgan fingerprint density at radius 3 is 2.50 bits per heavy atom. The van der Waals surface area contributed by atoms with Gasteiger partial charge < -0.3 is 15.0 Å². The van der Waals surface area contributed by atoms with E-state index in [0.717, 1.165) is 17.8 Å². The van der Waals surface area contributed by atoms with Crippen LogP contribution >= 0.6 is 0 Å². The molecule has 2 aromatic rings. The smallest absolute Gasteiger partial charge is 0.324 e. The first-order chi connectivity index (χ1) is 12.7. The number of rotatable bonds is 2. The Labute approximate surface area is 154 Å². The standard InChI is InChI=1S/C21H25N3O2/c1-16-15-19(22-17-7-3-2-4-8-17)18-9-5-6-10-20(18)24(16)21(25)23-11-13-26-14-12-23/h2-10,16,19,22H,11-15H2,1H3. The van der Waals surface area contributed by atoms with Crippen molar-refractivity contribution >= 4 is 17.4 Å². The van der Waals surface area contributed by atoms with Crippen molar-refractivity contribution in [1.82, 2.24) is 4.90 Å². The number of morpholine rings is 1. The van der Waals surface area contributed by atoms with Crippen LogP contribution in [-0.4, -0.2) is 43.3 Å². The molecule has 1 N–H and O–H groups in total. The fourth-order valence-electron chi connectivity index (χ4n) is 3.88. The molecule has 2 atom stereocenters. The van der Waals surface area contributed by atoms with Gasteiger partial charge in [-0.2, -0.15) is 0 Å². The number of carbonyl (C=O) groups is 1. The summed E-state index contributed by atoms with van der Waals surface area (Å²) in [4.78, 5) is 17.0. The quantitative estimate of drug-likeness (QED) is 0.893. The lowest BCUT2D eigenvalue weighted by molar-refractivity contribution is 0.0543. The van der Waals surface area contributed by atoms with Crippen LogP contribution in [0.1, 0.15) is 24.9 Å². The fraction of sp³-hybridized carbons (Fsp3) is 0.381. The lowest BCUT2D eigenvalue weighted by atomic mass is 9.91. The first-order valence-corrected chi connectivity index (χ1v) is 9.30. The third-order valence-corrected chi connectivity index (χ3v) is 5.19. The lowest BCUT2D eigenvalue weighted by Crippen LogP contribution is -2.53. The summed E-state index contributed by atoms with van der Waals surface area (Å²) < 4.78 is 5.39. The Hall–Kier alpha value is -2.53. The van der Waals surface area contributed by atoms with E-state index in [1.165, 1.54) is 5.56 Å². The minimum absolute atomic E-state index is 0.0893. The number of fused-ring (bicyclic) bond motifs is 1. The molecule has 1 fully saturated rings. The van der Waals surface area contributed by atoms with E-state index in [2.05, 4.69) is 36.5 Å². The molecule has 26 heavy (non-hydrogen) atoms. The zero-order chi connectivity index (χ0) is 17.9. The predicted octanol–water partition coefficient (Wildman–Crippen LogP) is 3.89. The van der Waals surface area contributed by atoms with Crippen LogP contribution in [-0.2, 0) is 4.74 Å². The van der Waals surface area contributed by atoms with Crippen molar-refractivity contribution in [1.29, 1.82) is 0 Å². The van der Waals surface area contributed by atoms with Crippen LogP contribution in [0.25, 0.3) is 0 Å². The number of amides is 2. The van der Waals surface area contributed by atoms with E-state index in [9.17, 15) is 4.79 Å². The Balaban J connectivity index is 1.62. The largest absolute Gasteiger partial charge is 0.378 e. The Morgan fingerprint density at radius 2 is 1.73 bits per heavy atom. The summed E-state index contributed by atoms with van der Waals surface area (Å²) in [6.07, 6.45) is 0.877. The van der Waals surface area contributed by atoms with Crippen molar-refractivity contribution in [3.63, 3.8) is 0 Å². The van der Waals surface area contributed by atoms with Crippen molar-refractivity contribution < 1.29 is 9.53 Å². The predicted molar refractivity (Wildman–Crippen MR) is 104 cm³/mol. The number of nitrogens with zero attached hydrogens (tertiary/aromatic N) is 2. The average Bonchev–Trinajstić information content (AvgIpc) is 2.69. The molecule has 0 radical (unpaired) electrons. The average molecular weight is 351 g/mol. The number of para-hydroxylation sites is 2. The molecule has 2 heterocycles. The van der Waals surface area contributed by atoms with Gasteiger partial charge in [0.15, 0.2) is 0 Å². The Kier molecular flexibility index (Phi) is 4.80. The highest BCUT2D eigenvalue weighted by Gasteiger charge is 2.35. The number of benzene rings is 2. The Morgan fingerprint density at radius 1 is 1.04 bits per heavy atom. The summed E-state index contributed by atoms with van der Waals surface area (Å²) in [5.74, 6) is 0. The SMILES string of the molecule is CC1CC(Nc2ccccc2)c2ccccc2N1C(=O)N1CCOCC1. The number of anilines is 2. The topological polar surface area (TPSA) is 44.8 Å². The molecule has 5 heteroatoms. The van der Waals surface area contributed by atoms with Crippen LogP contribution < -0.4 is 10.2 Å². The second-order valence-corrected chi connectivity index (χ2v) is 6.96. The molecule has 0 spiro atoms. The molecule has 0 bridgehead atoms. The van der Waals surface area contributed by atoms with E-state index in [1.807, 2.05) is 40.1 Å². The molecular formula is C21H25N3O2. The van der Waals surface area contributed by atoms with E-state index in [4.69, 9.17) is 4.74 Å². The molecule has 4 rings (SSSR count). The van der Waals surface area contributed by atoms with Crippen LogP contribution in [0.2, 0.25) is 0 Å². The minimum Gasteiger partial charge on any atom is -0.378 e. The van der Waals surface area contributed by atoms with Crippen LogP contribution in [0.4, 0.5) is 16.2 Å². The molecule has 5 nitrogen and oxygen atoms in total. The highest BCUT2D eigenvalue weighted by atomic mass is 16.5. The monoisotopic (exact) mass is 351 g/mol. The van der Waals surface area contributed by atoms with Gasteiger partial charge in [0.2, 0.25) is 0 Å². The minimum atomic E-state index is 0.0893. The number of hydrogen-bond acceptors (Lipinski definition) is 3. The fourth-order valence-corrected chi connectivity index (χ4v) is 3.88. The number of hydrogen-bond donors (Lipinski definition) is 1. The first-order valence-electron chi connectivity index (χ1n) is 9.30. The summed E-state index contributed by atoms with van der Waals surface area (Å²) in [6, 6.07) is 18.9. The van der Waals surface area contributed by atoms with Gasteiger partial charge in [0.1, 0.15) is 0 Å². The van der Waals surface area contributed by atoms with E-state index in [-0.39, 0.29) is 18.1 Å². The normalized spacial score (nSPS) is 22.7. The maximum Gasteiger partial charge on any atom is 0.324 e. The number of ether oxygens (including phenoxy) is 1. The molecule has 2 aliphatic heterocycles. The van der Waals surface area contributed by atoms with Gasteiger partial charge in [-0.3, -0.25) is 4.90 Å². The van der Waals surface area contributed by atoms with Crippen molar-refractivity contribution in [2.24, 2.45) is 0 Å². The van der Waals surface area contributed by atoms with Gasteiger partial charge in [0, 0.05) is 24.8 Å². The summed E-state index contributed by atoms with van der Waals surface area (Å²) in [7, 11) is 0. The van der Waals surface area contributed by atoms with Crippen LogP contribution in [0, 0.1) is 0 Å². The van der Waals surface area contributed by atoms with Gasteiger partial charge in [0.05, 0.1) is 24.9 Å². The van der Waals surface area contributed by atoms with Crippen molar-refractivity contribution in [3.05, 3.63) is 60.2 Å². The molecule has 1 saturated heterocycles.